The average molecular weight is 420 g/mol. The smallest absolute Gasteiger partial charge is 0.251 e. The number of aliphatic imine (C=N–C) groups is 1. The highest BCUT2D eigenvalue weighted by atomic mass is 127. The number of amides is 1. The highest BCUT2D eigenvalue weighted by Crippen LogP contribution is 1.96. The first-order chi connectivity index (χ1) is 10.3. The molecule has 1 rings (SSSR count). The van der Waals surface area contributed by atoms with E-state index in [0.29, 0.717) is 31.8 Å². The molecular weight excluding hydrogens is 395 g/mol. The van der Waals surface area contributed by atoms with E-state index in [1.165, 1.54) is 0 Å². The number of benzene rings is 1. The number of halogens is 1. The lowest BCUT2D eigenvalue weighted by Crippen LogP contribution is -2.41. The van der Waals surface area contributed by atoms with Crippen LogP contribution in [0.1, 0.15) is 17.3 Å². The first kappa shape index (κ1) is 20.6. The molecule has 0 heterocycles. The van der Waals surface area contributed by atoms with E-state index in [4.69, 9.17) is 4.74 Å². The summed E-state index contributed by atoms with van der Waals surface area (Å²) in [5.74, 6) is 0.655. The van der Waals surface area contributed by atoms with Crippen molar-refractivity contribution < 1.29 is 9.53 Å². The van der Waals surface area contributed by atoms with Crippen LogP contribution in [0.2, 0.25) is 0 Å². The molecule has 7 heteroatoms. The average Bonchev–Trinajstić information content (AvgIpc) is 2.52. The van der Waals surface area contributed by atoms with Gasteiger partial charge in [-0.1, -0.05) is 18.2 Å². The molecule has 0 bridgehead atoms. The zero-order valence-electron chi connectivity index (χ0n) is 13.1. The number of carbonyl (C=O) groups excluding carboxylic acids is 1. The van der Waals surface area contributed by atoms with Gasteiger partial charge in [-0.3, -0.25) is 9.79 Å². The first-order valence-electron chi connectivity index (χ1n) is 7.12. The minimum atomic E-state index is -0.0706. The van der Waals surface area contributed by atoms with Gasteiger partial charge in [0, 0.05) is 32.3 Å². The van der Waals surface area contributed by atoms with Crippen molar-refractivity contribution >= 4 is 35.8 Å². The molecule has 1 amide bonds. The Hall–Kier alpha value is -1.35. The Balaban J connectivity index is 0.00000441. The highest BCUT2D eigenvalue weighted by molar-refractivity contribution is 14.0. The van der Waals surface area contributed by atoms with Crippen LogP contribution in [-0.4, -0.2) is 51.8 Å². The van der Waals surface area contributed by atoms with Crippen LogP contribution in [-0.2, 0) is 4.74 Å². The Morgan fingerprint density at radius 3 is 2.45 bits per heavy atom. The van der Waals surface area contributed by atoms with Crippen molar-refractivity contribution in [3.8, 4) is 0 Å². The second kappa shape index (κ2) is 13.3. The van der Waals surface area contributed by atoms with Crippen LogP contribution in [0, 0.1) is 0 Å². The molecule has 22 heavy (non-hydrogen) atoms. The molecule has 0 radical (unpaired) electrons. The number of rotatable bonds is 8. The van der Waals surface area contributed by atoms with Gasteiger partial charge in [-0.25, -0.2) is 0 Å². The molecule has 0 saturated heterocycles. The SMILES string of the molecule is CCNC(=NCCOC)NCCNC(=O)c1ccccc1.I. The fourth-order valence-electron chi connectivity index (χ4n) is 1.64. The van der Waals surface area contributed by atoms with Crippen molar-refractivity contribution in [2.24, 2.45) is 4.99 Å². The molecule has 0 aromatic heterocycles. The molecule has 0 unspecified atom stereocenters. The highest BCUT2D eigenvalue weighted by Gasteiger charge is 2.03. The standard InChI is InChI=1S/C15H24N4O2.HI/c1-3-16-15(19-11-12-21-2)18-10-9-17-14(20)13-7-5-4-6-8-13;/h4-8H,3,9-12H2,1-2H3,(H,17,20)(H2,16,18,19);1H. The van der Waals surface area contributed by atoms with E-state index in [0.717, 1.165) is 12.5 Å². The van der Waals surface area contributed by atoms with Crippen molar-refractivity contribution in [3.63, 3.8) is 0 Å². The van der Waals surface area contributed by atoms with E-state index in [9.17, 15) is 4.79 Å². The van der Waals surface area contributed by atoms with Crippen molar-refractivity contribution in [3.05, 3.63) is 35.9 Å². The largest absolute Gasteiger partial charge is 0.383 e. The maximum absolute atomic E-state index is 11.8. The number of methoxy groups -OCH3 is 1. The lowest BCUT2D eigenvalue weighted by atomic mass is 10.2. The molecule has 0 aliphatic rings. The molecule has 124 valence electrons. The molecule has 0 aliphatic carbocycles. The van der Waals surface area contributed by atoms with Gasteiger partial charge < -0.3 is 20.7 Å². The summed E-state index contributed by atoms with van der Waals surface area (Å²) in [4.78, 5) is 16.2. The number of ether oxygens (including phenoxy) is 1. The topological polar surface area (TPSA) is 74.8 Å². The predicted octanol–water partition coefficient (Wildman–Crippen LogP) is 1.24. The van der Waals surface area contributed by atoms with Crippen LogP contribution >= 0.6 is 24.0 Å². The molecule has 0 saturated carbocycles. The minimum Gasteiger partial charge on any atom is -0.383 e. The van der Waals surface area contributed by atoms with Gasteiger partial charge in [-0.15, -0.1) is 24.0 Å². The van der Waals surface area contributed by atoms with Gasteiger partial charge in [-0.05, 0) is 19.1 Å². The molecule has 1 aromatic carbocycles. The van der Waals surface area contributed by atoms with Gasteiger partial charge in [0.2, 0.25) is 0 Å². The summed E-state index contributed by atoms with van der Waals surface area (Å²) < 4.78 is 4.96. The number of guanidine groups is 1. The third kappa shape index (κ3) is 8.83. The predicted molar refractivity (Wildman–Crippen MR) is 100 cm³/mol. The van der Waals surface area contributed by atoms with Gasteiger partial charge in [0.1, 0.15) is 0 Å². The summed E-state index contributed by atoms with van der Waals surface area (Å²) in [7, 11) is 1.65. The molecule has 0 spiro atoms. The van der Waals surface area contributed by atoms with Gasteiger partial charge in [-0.2, -0.15) is 0 Å². The molecule has 3 N–H and O–H groups in total. The molecule has 0 fully saturated rings. The molecule has 0 aliphatic heterocycles. The van der Waals surface area contributed by atoms with E-state index in [-0.39, 0.29) is 29.9 Å². The van der Waals surface area contributed by atoms with Crippen LogP contribution in [0.3, 0.4) is 0 Å². The van der Waals surface area contributed by atoms with Crippen LogP contribution in [0.25, 0.3) is 0 Å². The quantitative estimate of drug-likeness (QED) is 0.256. The summed E-state index contributed by atoms with van der Waals surface area (Å²) in [6, 6.07) is 9.16. The lowest BCUT2D eigenvalue weighted by Gasteiger charge is -2.11. The van der Waals surface area contributed by atoms with Gasteiger partial charge in [0.15, 0.2) is 5.96 Å². The molecule has 1 aromatic rings. The zero-order chi connectivity index (χ0) is 15.3. The van der Waals surface area contributed by atoms with Crippen molar-refractivity contribution in [1.29, 1.82) is 0 Å². The summed E-state index contributed by atoms with van der Waals surface area (Å²) in [5.41, 5.74) is 0.665. The maximum atomic E-state index is 11.8. The van der Waals surface area contributed by atoms with Crippen molar-refractivity contribution in [2.75, 3.05) is 39.9 Å². The van der Waals surface area contributed by atoms with Gasteiger partial charge in [0.25, 0.3) is 5.91 Å². The Morgan fingerprint density at radius 1 is 1.14 bits per heavy atom. The first-order valence-corrected chi connectivity index (χ1v) is 7.12. The Kier molecular flexibility index (Phi) is 12.5. The van der Waals surface area contributed by atoms with E-state index in [1.807, 2.05) is 25.1 Å². The Labute approximate surface area is 149 Å². The summed E-state index contributed by atoms with van der Waals surface area (Å²) in [6.45, 7) is 5.11. The third-order valence-electron chi connectivity index (χ3n) is 2.65. The summed E-state index contributed by atoms with van der Waals surface area (Å²) >= 11 is 0. The van der Waals surface area contributed by atoms with Crippen LogP contribution < -0.4 is 16.0 Å². The normalized spacial score (nSPS) is 10.5. The third-order valence-corrected chi connectivity index (χ3v) is 2.65. The van der Waals surface area contributed by atoms with Gasteiger partial charge >= 0.3 is 0 Å². The number of nitrogens with zero attached hydrogens (tertiary/aromatic N) is 1. The van der Waals surface area contributed by atoms with Crippen molar-refractivity contribution in [1.82, 2.24) is 16.0 Å². The molecular formula is C15H25IN4O2. The fraction of sp³-hybridized carbons (Fsp3) is 0.467. The minimum absolute atomic E-state index is 0. The van der Waals surface area contributed by atoms with E-state index in [1.54, 1.807) is 19.2 Å². The second-order valence-electron chi connectivity index (χ2n) is 4.30. The second-order valence-corrected chi connectivity index (χ2v) is 4.30. The van der Waals surface area contributed by atoms with Crippen LogP contribution in [0.4, 0.5) is 0 Å². The van der Waals surface area contributed by atoms with Crippen molar-refractivity contribution in [2.45, 2.75) is 6.92 Å². The maximum Gasteiger partial charge on any atom is 0.251 e. The molecule has 0 atom stereocenters. The Morgan fingerprint density at radius 2 is 1.82 bits per heavy atom. The van der Waals surface area contributed by atoms with Crippen LogP contribution in [0.15, 0.2) is 35.3 Å². The number of hydrogen-bond acceptors (Lipinski definition) is 3. The monoisotopic (exact) mass is 420 g/mol. The van der Waals surface area contributed by atoms with E-state index < -0.39 is 0 Å². The Bertz CT molecular complexity index is 440. The van der Waals surface area contributed by atoms with Crippen LogP contribution in [0.5, 0.6) is 0 Å². The zero-order valence-corrected chi connectivity index (χ0v) is 15.4. The van der Waals surface area contributed by atoms with E-state index >= 15 is 0 Å². The number of nitrogens with one attached hydrogen (secondary N) is 3. The lowest BCUT2D eigenvalue weighted by molar-refractivity contribution is 0.0954. The van der Waals surface area contributed by atoms with Gasteiger partial charge in [0.05, 0.1) is 13.2 Å². The summed E-state index contributed by atoms with van der Waals surface area (Å²) in [5, 5.41) is 9.14. The summed E-state index contributed by atoms with van der Waals surface area (Å²) in [6.07, 6.45) is 0. The number of carbonyl (C=O) groups is 1. The van der Waals surface area contributed by atoms with E-state index in [2.05, 4.69) is 20.9 Å². The molecule has 6 nitrogen and oxygen atoms in total. The number of hydrogen-bond donors (Lipinski definition) is 3. The fourth-order valence-corrected chi connectivity index (χ4v) is 1.64.